The van der Waals surface area contributed by atoms with Crippen LogP contribution in [0.4, 0.5) is 5.69 Å². The van der Waals surface area contributed by atoms with Crippen LogP contribution in [0.2, 0.25) is 10.0 Å². The van der Waals surface area contributed by atoms with E-state index in [1.54, 1.807) is 12.1 Å². The molecule has 1 N–H and O–H groups in total. The number of amides is 1. The largest absolute Gasteiger partial charge is 0.494 e. The van der Waals surface area contributed by atoms with Crippen molar-refractivity contribution >= 4 is 57.6 Å². The van der Waals surface area contributed by atoms with Crippen LogP contribution in [0.1, 0.15) is 10.4 Å². The van der Waals surface area contributed by atoms with Gasteiger partial charge in [-0.05, 0) is 24.3 Å². The number of methoxy groups -OCH3 is 1. The van der Waals surface area contributed by atoms with Gasteiger partial charge in [0.25, 0.3) is 5.91 Å². The van der Waals surface area contributed by atoms with Gasteiger partial charge >= 0.3 is 0 Å². The number of hydrogen-bond donors (Lipinski definition) is 1. The maximum absolute atomic E-state index is 12.4. The molecular weight excluding hydrogens is 345 g/mol. The molecule has 0 aliphatic carbocycles. The van der Waals surface area contributed by atoms with Crippen molar-refractivity contribution in [1.29, 1.82) is 0 Å². The topological polar surface area (TPSA) is 64.1 Å². The Bertz CT molecular complexity index is 843. The van der Waals surface area contributed by atoms with Crippen LogP contribution in [0, 0.1) is 0 Å². The summed E-state index contributed by atoms with van der Waals surface area (Å²) >= 11 is 13.2. The molecule has 0 saturated carbocycles. The van der Waals surface area contributed by atoms with Gasteiger partial charge in [-0.3, -0.25) is 4.79 Å². The van der Waals surface area contributed by atoms with Gasteiger partial charge in [0.1, 0.15) is 11.0 Å². The number of nitrogens with one attached hydrogen (secondary N) is 1. The third-order valence-corrected chi connectivity index (χ3v) is 4.10. The lowest BCUT2D eigenvalue weighted by atomic mass is 10.2. The predicted molar refractivity (Wildman–Crippen MR) is 88.4 cm³/mol. The van der Waals surface area contributed by atoms with E-state index in [1.807, 2.05) is 6.07 Å². The fraction of sp³-hybridized carbons (Fsp3) is 0.0714. The highest BCUT2D eigenvalue weighted by atomic mass is 35.5. The minimum Gasteiger partial charge on any atom is -0.494 e. The zero-order valence-corrected chi connectivity index (χ0v) is 13.6. The summed E-state index contributed by atoms with van der Waals surface area (Å²) in [5, 5.41) is 3.33. The van der Waals surface area contributed by atoms with Gasteiger partial charge in [0, 0.05) is 5.56 Å². The van der Waals surface area contributed by atoms with Gasteiger partial charge in [0.05, 0.1) is 34.6 Å². The van der Waals surface area contributed by atoms with Gasteiger partial charge in [0.15, 0.2) is 5.75 Å². The Morgan fingerprint density at radius 2 is 1.95 bits per heavy atom. The first-order valence-corrected chi connectivity index (χ1v) is 7.64. The molecule has 0 spiro atoms. The molecule has 3 rings (SSSR count). The van der Waals surface area contributed by atoms with E-state index in [4.69, 9.17) is 27.9 Å². The molecule has 0 radical (unpaired) electrons. The highest BCUT2D eigenvalue weighted by molar-refractivity contribution is 7.00. The van der Waals surface area contributed by atoms with Crippen molar-refractivity contribution in [2.24, 2.45) is 0 Å². The lowest BCUT2D eigenvalue weighted by Crippen LogP contribution is -2.12. The first-order chi connectivity index (χ1) is 10.6. The second-order valence-electron chi connectivity index (χ2n) is 4.36. The van der Waals surface area contributed by atoms with E-state index >= 15 is 0 Å². The molecule has 112 valence electrons. The molecule has 0 aliphatic rings. The third-order valence-electron chi connectivity index (χ3n) is 3.00. The van der Waals surface area contributed by atoms with E-state index in [2.05, 4.69) is 14.1 Å². The maximum Gasteiger partial charge on any atom is 0.255 e. The third kappa shape index (κ3) is 2.72. The number of rotatable bonds is 3. The number of aromatic nitrogens is 2. The molecule has 2 aromatic carbocycles. The number of nitrogens with zero attached hydrogens (tertiary/aromatic N) is 2. The Morgan fingerprint density at radius 1 is 1.23 bits per heavy atom. The fourth-order valence-electron chi connectivity index (χ4n) is 1.99. The average molecular weight is 354 g/mol. The van der Waals surface area contributed by atoms with Crippen LogP contribution in [0.3, 0.4) is 0 Å². The number of anilines is 1. The molecular formula is C14H9Cl2N3O2S. The zero-order valence-electron chi connectivity index (χ0n) is 11.3. The number of hydrogen-bond acceptors (Lipinski definition) is 5. The quantitative estimate of drug-likeness (QED) is 0.763. The first kappa shape index (κ1) is 15.0. The van der Waals surface area contributed by atoms with Crippen molar-refractivity contribution < 1.29 is 9.53 Å². The van der Waals surface area contributed by atoms with Crippen LogP contribution in [0.15, 0.2) is 30.3 Å². The summed E-state index contributed by atoms with van der Waals surface area (Å²) in [4.78, 5) is 12.4. The van der Waals surface area contributed by atoms with Crippen LogP contribution in [0.5, 0.6) is 5.75 Å². The maximum atomic E-state index is 12.4. The van der Waals surface area contributed by atoms with Gasteiger partial charge in [0.2, 0.25) is 0 Å². The molecule has 8 heteroatoms. The van der Waals surface area contributed by atoms with E-state index in [0.29, 0.717) is 22.5 Å². The standard InChI is InChI=1S/C14H9Cl2N3O2S/c1-21-13-8(15)5-7(6-9(13)16)14(20)17-10-3-2-4-11-12(10)19-22-18-11/h2-6H,1H3,(H,17,20). The highest BCUT2D eigenvalue weighted by Gasteiger charge is 2.15. The van der Waals surface area contributed by atoms with Gasteiger partial charge in [-0.15, -0.1) is 0 Å². The molecule has 0 aliphatic heterocycles. The van der Waals surface area contributed by atoms with Crippen molar-refractivity contribution in [3.05, 3.63) is 45.9 Å². The molecule has 0 bridgehead atoms. The summed E-state index contributed by atoms with van der Waals surface area (Å²) in [5.41, 5.74) is 2.29. The van der Waals surface area contributed by atoms with E-state index in [1.165, 1.54) is 19.2 Å². The Hall–Kier alpha value is -1.89. The number of ether oxygens (including phenoxy) is 1. The highest BCUT2D eigenvalue weighted by Crippen LogP contribution is 2.34. The Kier molecular flexibility index (Phi) is 4.15. The average Bonchev–Trinajstić information content (AvgIpc) is 2.96. The SMILES string of the molecule is COc1c(Cl)cc(C(=O)Nc2cccc3nsnc23)cc1Cl. The lowest BCUT2D eigenvalue weighted by Gasteiger charge is -2.09. The molecule has 0 fully saturated rings. The molecule has 22 heavy (non-hydrogen) atoms. The summed E-state index contributed by atoms with van der Waals surface area (Å²) in [6.07, 6.45) is 0. The minimum absolute atomic E-state index is 0.272. The van der Waals surface area contributed by atoms with Crippen LogP contribution < -0.4 is 10.1 Å². The Balaban J connectivity index is 1.93. The second-order valence-corrected chi connectivity index (χ2v) is 5.71. The molecule has 1 amide bonds. The van der Waals surface area contributed by atoms with E-state index < -0.39 is 0 Å². The summed E-state index contributed by atoms with van der Waals surface area (Å²) in [5.74, 6) is -0.00219. The van der Waals surface area contributed by atoms with Crippen LogP contribution in [-0.4, -0.2) is 21.8 Å². The predicted octanol–water partition coefficient (Wildman–Crippen LogP) is 4.26. The normalized spacial score (nSPS) is 10.7. The van der Waals surface area contributed by atoms with Crippen molar-refractivity contribution in [2.75, 3.05) is 12.4 Å². The summed E-state index contributed by atoms with van der Waals surface area (Å²) in [6, 6.07) is 8.39. The van der Waals surface area contributed by atoms with Crippen LogP contribution in [-0.2, 0) is 0 Å². The van der Waals surface area contributed by atoms with E-state index in [0.717, 1.165) is 17.2 Å². The first-order valence-electron chi connectivity index (χ1n) is 6.16. The smallest absolute Gasteiger partial charge is 0.255 e. The van der Waals surface area contributed by atoms with Gasteiger partial charge in [-0.2, -0.15) is 8.75 Å². The van der Waals surface area contributed by atoms with E-state index in [-0.39, 0.29) is 16.0 Å². The number of carbonyl (C=O) groups excluding carboxylic acids is 1. The van der Waals surface area contributed by atoms with Crippen molar-refractivity contribution in [3.63, 3.8) is 0 Å². The molecule has 5 nitrogen and oxygen atoms in total. The molecule has 1 heterocycles. The number of fused-ring (bicyclic) bond motifs is 1. The minimum atomic E-state index is -0.341. The fourth-order valence-corrected chi connectivity index (χ4v) is 3.18. The van der Waals surface area contributed by atoms with Crippen molar-refractivity contribution in [1.82, 2.24) is 8.75 Å². The second kappa shape index (κ2) is 6.08. The lowest BCUT2D eigenvalue weighted by molar-refractivity contribution is 0.102. The Labute approximate surface area is 140 Å². The summed E-state index contributed by atoms with van der Waals surface area (Å²) in [6.45, 7) is 0. The molecule has 0 unspecified atom stereocenters. The van der Waals surface area contributed by atoms with Crippen molar-refractivity contribution in [2.45, 2.75) is 0 Å². The molecule has 3 aromatic rings. The molecule has 0 atom stereocenters. The van der Waals surface area contributed by atoms with Gasteiger partial charge in [-0.1, -0.05) is 29.3 Å². The summed E-state index contributed by atoms with van der Waals surface area (Å²) in [7, 11) is 1.46. The van der Waals surface area contributed by atoms with Gasteiger partial charge in [-0.25, -0.2) is 0 Å². The van der Waals surface area contributed by atoms with Crippen molar-refractivity contribution in [3.8, 4) is 5.75 Å². The molecule has 0 saturated heterocycles. The van der Waals surface area contributed by atoms with Crippen LogP contribution in [0.25, 0.3) is 11.0 Å². The molecule has 1 aromatic heterocycles. The Morgan fingerprint density at radius 3 is 2.64 bits per heavy atom. The number of benzene rings is 2. The van der Waals surface area contributed by atoms with Crippen LogP contribution >= 0.6 is 34.9 Å². The zero-order chi connectivity index (χ0) is 15.7. The monoisotopic (exact) mass is 353 g/mol. The summed E-state index contributed by atoms with van der Waals surface area (Å²) < 4.78 is 13.4. The van der Waals surface area contributed by atoms with E-state index in [9.17, 15) is 4.79 Å². The number of halogens is 2. The van der Waals surface area contributed by atoms with Gasteiger partial charge < -0.3 is 10.1 Å². The number of carbonyl (C=O) groups is 1.